The van der Waals surface area contributed by atoms with E-state index in [1.165, 1.54) is 0 Å². The Hall–Kier alpha value is -1.70. The predicted molar refractivity (Wildman–Crippen MR) is 73.8 cm³/mol. The molecular weight excluding hydrogens is 290 g/mol. The van der Waals surface area contributed by atoms with Gasteiger partial charge in [-0.15, -0.1) is 11.3 Å². The fourth-order valence-corrected chi connectivity index (χ4v) is 2.64. The van der Waals surface area contributed by atoms with Gasteiger partial charge in [-0.05, 0) is 6.92 Å². The van der Waals surface area contributed by atoms with Crippen molar-refractivity contribution in [1.29, 1.82) is 0 Å². The van der Waals surface area contributed by atoms with E-state index in [0.29, 0.717) is 0 Å². The maximum Gasteiger partial charge on any atom is 0.343 e. The van der Waals surface area contributed by atoms with Gasteiger partial charge < -0.3 is 15.8 Å². The summed E-state index contributed by atoms with van der Waals surface area (Å²) < 4.78 is 29.4. The van der Waals surface area contributed by atoms with E-state index < -0.39 is 18.9 Å². The van der Waals surface area contributed by atoms with Gasteiger partial charge in [-0.3, -0.25) is 4.79 Å². The molecule has 0 radical (unpaired) electrons. The second-order valence-electron chi connectivity index (χ2n) is 3.82. The number of rotatable bonds is 7. The molecule has 0 saturated heterocycles. The number of Topliss-reactive ketones (excluding diaryl/α,β-unsaturated/α-hetero) is 1. The summed E-state index contributed by atoms with van der Waals surface area (Å²) in [5, 5.41) is 2.56. The van der Waals surface area contributed by atoms with Crippen LogP contribution in [0.15, 0.2) is 0 Å². The van der Waals surface area contributed by atoms with Gasteiger partial charge in [0.2, 0.25) is 0 Å². The van der Waals surface area contributed by atoms with Gasteiger partial charge in [0, 0.05) is 6.42 Å². The van der Waals surface area contributed by atoms with Crippen molar-refractivity contribution in [2.75, 3.05) is 24.2 Å². The van der Waals surface area contributed by atoms with Crippen molar-refractivity contribution in [3.05, 3.63) is 10.4 Å². The number of carbonyl (C=O) groups is 2. The van der Waals surface area contributed by atoms with E-state index in [0.717, 1.165) is 11.3 Å². The zero-order chi connectivity index (χ0) is 15.3. The maximum atomic E-state index is 12.3. The maximum absolute atomic E-state index is 12.3. The van der Waals surface area contributed by atoms with E-state index in [9.17, 15) is 18.4 Å². The molecule has 0 aromatic carbocycles. The number of carbonyl (C=O) groups excluding carboxylic acids is 2. The quantitative estimate of drug-likeness (QED) is 0.598. The molecule has 0 aliphatic heterocycles. The molecule has 20 heavy (non-hydrogen) atoms. The highest BCUT2D eigenvalue weighted by Gasteiger charge is 2.26. The third-order valence-corrected chi connectivity index (χ3v) is 3.62. The van der Waals surface area contributed by atoms with Gasteiger partial charge in [0.05, 0.1) is 23.7 Å². The van der Waals surface area contributed by atoms with Crippen LogP contribution >= 0.6 is 11.3 Å². The minimum atomic E-state index is -2.58. The molecular formula is C12H16F2N2O3S. The van der Waals surface area contributed by atoms with Gasteiger partial charge in [0.25, 0.3) is 6.43 Å². The molecule has 0 saturated carbocycles. The number of nitrogen functional groups attached to an aromatic ring is 1. The number of halogens is 2. The Labute approximate surface area is 119 Å². The molecule has 3 N–H and O–H groups in total. The molecule has 1 aromatic rings. The minimum absolute atomic E-state index is 0.0166. The number of nitrogens with one attached hydrogen (secondary N) is 1. The molecule has 1 heterocycles. The predicted octanol–water partition coefficient (Wildman–Crippen LogP) is 2.78. The lowest BCUT2D eigenvalue weighted by atomic mass is 10.2. The zero-order valence-corrected chi connectivity index (χ0v) is 12.0. The van der Waals surface area contributed by atoms with Gasteiger partial charge in [-0.1, -0.05) is 6.92 Å². The Morgan fingerprint density at radius 3 is 2.55 bits per heavy atom. The van der Waals surface area contributed by atoms with E-state index in [1.54, 1.807) is 13.8 Å². The third-order valence-electron chi connectivity index (χ3n) is 2.42. The summed E-state index contributed by atoms with van der Waals surface area (Å²) in [6, 6.07) is 0. The minimum Gasteiger partial charge on any atom is -0.462 e. The number of ether oxygens (including phenoxy) is 1. The fourth-order valence-electron chi connectivity index (χ4n) is 1.51. The van der Waals surface area contributed by atoms with Crippen LogP contribution in [-0.4, -0.2) is 31.3 Å². The van der Waals surface area contributed by atoms with Crippen LogP contribution < -0.4 is 11.1 Å². The molecule has 8 heteroatoms. The summed E-state index contributed by atoms with van der Waals surface area (Å²) in [7, 11) is 0. The van der Waals surface area contributed by atoms with Gasteiger partial charge in [-0.2, -0.15) is 0 Å². The Balaban J connectivity index is 3.18. The Kier molecular flexibility index (Phi) is 5.87. The van der Waals surface area contributed by atoms with E-state index in [2.05, 4.69) is 5.32 Å². The Morgan fingerprint density at radius 1 is 1.40 bits per heavy atom. The summed E-state index contributed by atoms with van der Waals surface area (Å²) >= 11 is 0.895. The first-order chi connectivity index (χ1) is 9.42. The molecule has 0 atom stereocenters. The molecule has 0 spiro atoms. The number of anilines is 2. The van der Waals surface area contributed by atoms with Gasteiger partial charge in [0.15, 0.2) is 5.78 Å². The summed E-state index contributed by atoms with van der Waals surface area (Å²) in [5.74, 6) is -0.976. The van der Waals surface area contributed by atoms with E-state index in [-0.39, 0.29) is 39.9 Å². The van der Waals surface area contributed by atoms with Crippen molar-refractivity contribution in [2.45, 2.75) is 26.7 Å². The van der Waals surface area contributed by atoms with Crippen LogP contribution in [0.1, 0.15) is 40.3 Å². The van der Waals surface area contributed by atoms with Crippen molar-refractivity contribution in [3.63, 3.8) is 0 Å². The largest absolute Gasteiger partial charge is 0.462 e. The molecule has 1 rings (SSSR count). The van der Waals surface area contributed by atoms with E-state index in [1.807, 2.05) is 0 Å². The first-order valence-electron chi connectivity index (χ1n) is 6.06. The van der Waals surface area contributed by atoms with Crippen LogP contribution in [0.5, 0.6) is 0 Å². The van der Waals surface area contributed by atoms with Crippen LogP contribution in [0.3, 0.4) is 0 Å². The Morgan fingerprint density at radius 2 is 2.05 bits per heavy atom. The average Bonchev–Trinajstić information content (AvgIpc) is 2.72. The summed E-state index contributed by atoms with van der Waals surface area (Å²) in [6.45, 7) is 2.76. The molecule has 0 fully saturated rings. The van der Waals surface area contributed by atoms with Crippen molar-refractivity contribution in [3.8, 4) is 0 Å². The monoisotopic (exact) mass is 306 g/mol. The van der Waals surface area contributed by atoms with Gasteiger partial charge in [0.1, 0.15) is 10.6 Å². The smallest absolute Gasteiger partial charge is 0.343 e. The first-order valence-corrected chi connectivity index (χ1v) is 6.88. The summed E-state index contributed by atoms with van der Waals surface area (Å²) in [6.07, 6.45) is -2.37. The lowest BCUT2D eigenvalue weighted by Crippen LogP contribution is -2.14. The zero-order valence-electron chi connectivity index (χ0n) is 11.2. The highest BCUT2D eigenvalue weighted by Crippen LogP contribution is 2.37. The van der Waals surface area contributed by atoms with Crippen molar-refractivity contribution in [2.24, 2.45) is 0 Å². The summed E-state index contributed by atoms with van der Waals surface area (Å²) in [5.41, 5.74) is 5.72. The van der Waals surface area contributed by atoms with Crippen molar-refractivity contribution in [1.82, 2.24) is 0 Å². The van der Waals surface area contributed by atoms with E-state index >= 15 is 0 Å². The standard InChI is InChI=1S/C12H16F2N2O3S/c1-3-6(17)10-9(15)8(12(18)19-4-2)11(20-10)16-5-7(13)14/h7,16H,3-5,15H2,1-2H3. The molecule has 0 aliphatic rings. The van der Waals surface area contributed by atoms with Gasteiger partial charge >= 0.3 is 5.97 Å². The molecule has 0 bridgehead atoms. The SMILES string of the molecule is CCOC(=O)c1c(NCC(F)F)sc(C(=O)CC)c1N. The second kappa shape index (κ2) is 7.18. The van der Waals surface area contributed by atoms with Crippen LogP contribution in [0.2, 0.25) is 0 Å². The number of thiophene rings is 1. The van der Waals surface area contributed by atoms with Crippen LogP contribution in [0, 0.1) is 0 Å². The lowest BCUT2D eigenvalue weighted by molar-refractivity contribution is 0.0529. The van der Waals surface area contributed by atoms with Crippen LogP contribution in [0.4, 0.5) is 19.5 Å². The summed E-state index contributed by atoms with van der Waals surface area (Å²) in [4.78, 5) is 23.7. The van der Waals surface area contributed by atoms with E-state index in [4.69, 9.17) is 10.5 Å². The second-order valence-corrected chi connectivity index (χ2v) is 4.84. The number of hydrogen-bond donors (Lipinski definition) is 2. The molecule has 0 amide bonds. The molecule has 112 valence electrons. The number of nitrogens with two attached hydrogens (primary N) is 1. The lowest BCUT2D eigenvalue weighted by Gasteiger charge is -2.06. The van der Waals surface area contributed by atoms with Crippen molar-refractivity contribution >= 4 is 33.8 Å². The highest BCUT2D eigenvalue weighted by molar-refractivity contribution is 7.19. The molecule has 1 aromatic heterocycles. The molecule has 0 unspecified atom stereocenters. The normalized spacial score (nSPS) is 10.7. The molecule has 0 aliphatic carbocycles. The number of hydrogen-bond acceptors (Lipinski definition) is 6. The number of ketones is 1. The first kappa shape index (κ1) is 16.4. The highest BCUT2D eigenvalue weighted by atomic mass is 32.1. The number of esters is 1. The average molecular weight is 306 g/mol. The van der Waals surface area contributed by atoms with Crippen LogP contribution in [-0.2, 0) is 4.74 Å². The van der Waals surface area contributed by atoms with Crippen molar-refractivity contribution < 1.29 is 23.1 Å². The fraction of sp³-hybridized carbons (Fsp3) is 0.500. The third kappa shape index (κ3) is 3.66. The Bertz CT molecular complexity index is 503. The number of alkyl halides is 2. The topological polar surface area (TPSA) is 81.4 Å². The van der Waals surface area contributed by atoms with Gasteiger partial charge in [-0.25, -0.2) is 13.6 Å². The van der Waals surface area contributed by atoms with Crippen LogP contribution in [0.25, 0.3) is 0 Å². The molecule has 5 nitrogen and oxygen atoms in total.